The number of hydrogen-bond donors (Lipinski definition) is 1. The molecule has 0 radical (unpaired) electrons. The Balaban J connectivity index is 2.07. The first-order valence-corrected chi connectivity index (χ1v) is 6.32. The van der Waals surface area contributed by atoms with Crippen LogP contribution in [0.25, 0.3) is 0 Å². The van der Waals surface area contributed by atoms with Gasteiger partial charge in [0, 0.05) is 27.7 Å². The summed E-state index contributed by atoms with van der Waals surface area (Å²) < 4.78 is 0. The summed E-state index contributed by atoms with van der Waals surface area (Å²) in [6, 6.07) is 5.44. The van der Waals surface area contributed by atoms with Crippen molar-refractivity contribution in [3.05, 3.63) is 44.9 Å². The van der Waals surface area contributed by atoms with Crippen LogP contribution in [-0.2, 0) is 6.54 Å². The standard InChI is InChI=1S/C11H10Cl2N2S/c1-7-5-14-11(16-7)15-6-8-4-9(12)2-3-10(8)13/h2-5H,6H2,1H3,(H,14,15). The molecule has 16 heavy (non-hydrogen) atoms. The van der Waals surface area contributed by atoms with Gasteiger partial charge < -0.3 is 5.32 Å². The van der Waals surface area contributed by atoms with Gasteiger partial charge in [0.1, 0.15) is 0 Å². The average molecular weight is 273 g/mol. The van der Waals surface area contributed by atoms with E-state index >= 15 is 0 Å². The largest absolute Gasteiger partial charge is 0.357 e. The Morgan fingerprint density at radius 2 is 2.19 bits per heavy atom. The molecule has 2 aromatic rings. The van der Waals surface area contributed by atoms with Gasteiger partial charge in [-0.1, -0.05) is 23.2 Å². The number of aromatic nitrogens is 1. The first kappa shape index (κ1) is 11.7. The maximum Gasteiger partial charge on any atom is 0.183 e. The van der Waals surface area contributed by atoms with Crippen LogP contribution in [0.3, 0.4) is 0 Å². The Hall–Kier alpha value is -0.770. The molecule has 0 fully saturated rings. The number of hydrogen-bond acceptors (Lipinski definition) is 3. The minimum Gasteiger partial charge on any atom is -0.357 e. The van der Waals surface area contributed by atoms with Gasteiger partial charge in [-0.05, 0) is 30.7 Å². The number of rotatable bonds is 3. The van der Waals surface area contributed by atoms with Crippen LogP contribution >= 0.6 is 34.5 Å². The summed E-state index contributed by atoms with van der Waals surface area (Å²) in [7, 11) is 0. The second kappa shape index (κ2) is 5.04. The van der Waals surface area contributed by atoms with E-state index in [0.717, 1.165) is 10.7 Å². The van der Waals surface area contributed by atoms with Gasteiger partial charge in [0.05, 0.1) is 0 Å². The van der Waals surface area contributed by atoms with Crippen LogP contribution in [0.1, 0.15) is 10.4 Å². The van der Waals surface area contributed by atoms with Crippen molar-refractivity contribution in [3.8, 4) is 0 Å². The Kier molecular flexibility index (Phi) is 3.69. The minimum absolute atomic E-state index is 0.631. The topological polar surface area (TPSA) is 24.9 Å². The third-order valence-electron chi connectivity index (χ3n) is 2.06. The van der Waals surface area contributed by atoms with Gasteiger partial charge in [-0.15, -0.1) is 11.3 Å². The van der Waals surface area contributed by atoms with Crippen LogP contribution in [0.4, 0.5) is 5.13 Å². The van der Waals surface area contributed by atoms with Gasteiger partial charge in [-0.25, -0.2) is 4.98 Å². The highest BCUT2D eigenvalue weighted by Gasteiger charge is 2.03. The molecule has 1 heterocycles. The third kappa shape index (κ3) is 2.88. The van der Waals surface area contributed by atoms with Gasteiger partial charge in [-0.3, -0.25) is 0 Å². The first-order valence-electron chi connectivity index (χ1n) is 4.75. The molecule has 1 aromatic carbocycles. The Morgan fingerprint density at radius 3 is 2.88 bits per heavy atom. The summed E-state index contributed by atoms with van der Waals surface area (Å²) in [5, 5.41) is 5.52. The normalized spacial score (nSPS) is 10.4. The number of anilines is 1. The molecule has 0 aliphatic carbocycles. The molecule has 0 spiro atoms. The third-order valence-corrected chi connectivity index (χ3v) is 3.53. The molecular formula is C11H10Cl2N2S. The molecule has 0 unspecified atom stereocenters. The van der Waals surface area contributed by atoms with Gasteiger partial charge in [0.15, 0.2) is 5.13 Å². The molecule has 2 nitrogen and oxygen atoms in total. The van der Waals surface area contributed by atoms with E-state index in [2.05, 4.69) is 10.3 Å². The number of thiazole rings is 1. The van der Waals surface area contributed by atoms with Crippen LogP contribution in [0.15, 0.2) is 24.4 Å². The quantitative estimate of drug-likeness (QED) is 0.898. The number of nitrogens with one attached hydrogen (secondary N) is 1. The molecule has 5 heteroatoms. The highest BCUT2D eigenvalue weighted by Crippen LogP contribution is 2.23. The molecule has 0 aliphatic heterocycles. The average Bonchev–Trinajstić information content (AvgIpc) is 2.66. The highest BCUT2D eigenvalue weighted by atomic mass is 35.5. The van der Waals surface area contributed by atoms with Crippen molar-refractivity contribution in [3.63, 3.8) is 0 Å². The van der Waals surface area contributed by atoms with E-state index in [1.807, 2.05) is 19.2 Å². The van der Waals surface area contributed by atoms with Crippen LogP contribution in [0.5, 0.6) is 0 Å². The van der Waals surface area contributed by atoms with Crippen LogP contribution in [-0.4, -0.2) is 4.98 Å². The number of benzene rings is 1. The maximum atomic E-state index is 6.05. The van der Waals surface area contributed by atoms with E-state index < -0.39 is 0 Å². The lowest BCUT2D eigenvalue weighted by atomic mass is 10.2. The van der Waals surface area contributed by atoms with Gasteiger partial charge in [-0.2, -0.15) is 0 Å². The van der Waals surface area contributed by atoms with Gasteiger partial charge >= 0.3 is 0 Å². The van der Waals surface area contributed by atoms with E-state index in [0.29, 0.717) is 16.6 Å². The minimum atomic E-state index is 0.631. The second-order valence-corrected chi connectivity index (χ2v) is 5.44. The van der Waals surface area contributed by atoms with Crippen LogP contribution in [0.2, 0.25) is 10.0 Å². The number of aryl methyl sites for hydroxylation is 1. The van der Waals surface area contributed by atoms with Crippen molar-refractivity contribution < 1.29 is 0 Å². The van der Waals surface area contributed by atoms with Crippen molar-refractivity contribution in [2.75, 3.05) is 5.32 Å². The smallest absolute Gasteiger partial charge is 0.183 e. The number of nitrogens with zero attached hydrogens (tertiary/aromatic N) is 1. The zero-order valence-electron chi connectivity index (χ0n) is 8.63. The lowest BCUT2D eigenvalue weighted by Gasteiger charge is -2.05. The molecule has 84 valence electrons. The van der Waals surface area contributed by atoms with Crippen molar-refractivity contribution in [1.29, 1.82) is 0 Å². The fourth-order valence-corrected chi connectivity index (χ4v) is 2.33. The van der Waals surface area contributed by atoms with E-state index in [1.165, 1.54) is 4.88 Å². The summed E-state index contributed by atoms with van der Waals surface area (Å²) in [5.41, 5.74) is 0.974. The van der Waals surface area contributed by atoms with Crippen LogP contribution < -0.4 is 5.32 Å². The van der Waals surface area contributed by atoms with Crippen molar-refractivity contribution in [2.24, 2.45) is 0 Å². The Labute approximate surface area is 108 Å². The second-order valence-electron chi connectivity index (χ2n) is 3.37. The number of halogens is 2. The van der Waals surface area contributed by atoms with Crippen LogP contribution in [0, 0.1) is 6.92 Å². The molecule has 0 bridgehead atoms. The van der Waals surface area contributed by atoms with E-state index in [9.17, 15) is 0 Å². The van der Waals surface area contributed by atoms with E-state index in [4.69, 9.17) is 23.2 Å². The lowest BCUT2D eigenvalue weighted by Crippen LogP contribution is -1.99. The predicted octanol–water partition coefficient (Wildman–Crippen LogP) is 4.37. The molecule has 1 aromatic heterocycles. The zero-order chi connectivity index (χ0) is 11.5. The fourth-order valence-electron chi connectivity index (χ4n) is 1.29. The van der Waals surface area contributed by atoms with Gasteiger partial charge in [0.2, 0.25) is 0 Å². The molecule has 0 aliphatic rings. The summed E-state index contributed by atoms with van der Waals surface area (Å²) in [5.74, 6) is 0. The predicted molar refractivity (Wildman–Crippen MR) is 70.6 cm³/mol. The summed E-state index contributed by atoms with van der Waals surface area (Å²) >= 11 is 13.6. The van der Waals surface area contributed by atoms with E-state index in [-0.39, 0.29) is 0 Å². The van der Waals surface area contributed by atoms with Crippen molar-refractivity contribution in [1.82, 2.24) is 4.98 Å². The summed E-state index contributed by atoms with van der Waals surface area (Å²) in [4.78, 5) is 5.39. The highest BCUT2D eigenvalue weighted by molar-refractivity contribution is 7.15. The SMILES string of the molecule is Cc1cnc(NCc2cc(Cl)ccc2Cl)s1. The maximum absolute atomic E-state index is 6.05. The van der Waals surface area contributed by atoms with E-state index in [1.54, 1.807) is 23.5 Å². The molecule has 0 saturated heterocycles. The molecule has 0 atom stereocenters. The summed E-state index contributed by atoms with van der Waals surface area (Å²) in [6.07, 6.45) is 1.84. The Bertz CT molecular complexity index is 496. The van der Waals surface area contributed by atoms with Crippen molar-refractivity contribution >= 4 is 39.7 Å². The fraction of sp³-hybridized carbons (Fsp3) is 0.182. The lowest BCUT2D eigenvalue weighted by molar-refractivity contribution is 1.13. The zero-order valence-corrected chi connectivity index (χ0v) is 11.0. The summed E-state index contributed by atoms with van der Waals surface area (Å²) in [6.45, 7) is 2.65. The Morgan fingerprint density at radius 1 is 1.38 bits per heavy atom. The molecular weight excluding hydrogens is 263 g/mol. The molecule has 2 rings (SSSR count). The van der Waals surface area contributed by atoms with Crippen molar-refractivity contribution in [2.45, 2.75) is 13.5 Å². The molecule has 0 saturated carbocycles. The molecule has 0 amide bonds. The first-order chi connectivity index (χ1) is 7.65. The van der Waals surface area contributed by atoms with Gasteiger partial charge in [0.25, 0.3) is 0 Å². The molecule has 1 N–H and O–H groups in total. The monoisotopic (exact) mass is 272 g/mol.